The number of methoxy groups -OCH3 is 1. The van der Waals surface area contributed by atoms with Crippen LogP contribution in [0.2, 0.25) is 0 Å². The summed E-state index contributed by atoms with van der Waals surface area (Å²) < 4.78 is 65.6. The number of aliphatic hydroxyl groups excluding tert-OH is 2. The minimum atomic E-state index is -5.93. The number of rotatable bonds is 22. The third-order valence-electron chi connectivity index (χ3n) is 8.34. The van der Waals surface area contributed by atoms with Gasteiger partial charge in [0, 0.05) is 30.7 Å². The molecule has 30 heteroatoms. The Morgan fingerprint density at radius 2 is 1.79 bits per heavy atom. The molecule has 1 aliphatic rings. The van der Waals surface area contributed by atoms with Gasteiger partial charge in [-0.3, -0.25) is 28.1 Å². The highest BCUT2D eigenvalue weighted by Crippen LogP contribution is 2.56. The van der Waals surface area contributed by atoms with Crippen LogP contribution in [0.15, 0.2) is 36.9 Å². The maximum Gasteiger partial charge on any atom is 0.274 e. The summed E-state index contributed by atoms with van der Waals surface area (Å²) in [6.07, 6.45) is -4.89. The molecule has 3 heterocycles. The smallest absolute Gasteiger partial charge is 0.274 e. The van der Waals surface area contributed by atoms with Crippen LogP contribution in [0.1, 0.15) is 32.1 Å². The molecule has 0 spiro atoms. The van der Waals surface area contributed by atoms with E-state index in [2.05, 4.69) is 43.5 Å². The second-order valence-electron chi connectivity index (χ2n) is 13.4. The Morgan fingerprint density at radius 1 is 1.08 bits per heavy atom. The van der Waals surface area contributed by atoms with Gasteiger partial charge in [0.1, 0.15) is 36.3 Å². The van der Waals surface area contributed by atoms with E-state index in [1.807, 2.05) is 0 Å². The van der Waals surface area contributed by atoms with E-state index in [-0.39, 0.29) is 58.9 Å². The molecule has 2 aromatic heterocycles. The Morgan fingerprint density at radius 3 is 2.48 bits per heavy atom. The van der Waals surface area contributed by atoms with Crippen molar-refractivity contribution in [3.05, 3.63) is 42.5 Å². The molecular weight excluding hydrogens is 899 g/mol. The van der Waals surface area contributed by atoms with Crippen LogP contribution >= 0.6 is 35.2 Å². The molecule has 7 N–H and O–H groups in total. The van der Waals surface area contributed by atoms with E-state index in [1.165, 1.54) is 45.2 Å². The third-order valence-corrected chi connectivity index (χ3v) is 12.2. The molecule has 7 atom stereocenters. The zero-order valence-electron chi connectivity index (χ0n) is 32.2. The number of aromatic hydroxyl groups is 1. The number of nitrogen functional groups attached to an aromatic ring is 1. The number of carbonyl (C=O) groups excluding carboxylic acids is 3. The van der Waals surface area contributed by atoms with Crippen LogP contribution in [-0.2, 0) is 50.7 Å². The molecule has 1 fully saturated rings. The number of hydrogen-bond acceptors (Lipinski definition) is 24. The van der Waals surface area contributed by atoms with Gasteiger partial charge >= 0.3 is 0 Å². The molecule has 0 bridgehead atoms. The van der Waals surface area contributed by atoms with Crippen LogP contribution in [0.5, 0.6) is 11.5 Å². The highest BCUT2D eigenvalue weighted by atomic mass is 32.2. The Bertz CT molecular complexity index is 2230. The number of thioether (sulfide) groups is 1. The molecule has 26 nitrogen and oxygen atoms in total. The standard InChI is InChI=1S/C31H44N7O19P3S/c1-31(2,26(43)29(44)34-9-8-21(40)33-10-11-61-22(41)7-5-17-4-6-18(39)19(12-17)52-3)14-54-60(50,51)57-59(48,49)53-13-20-25(56-58(45,46)47)24(42)30(55-20)38-16-37-23-27(32)35-15-36-28(23)38/h4-7,12,15-16,20,24-26,30,39,42-43H,8-11,13-14H2,1-3H3,(H,33,40)(H,34,44)(H,48,49)(H,50,51)(H2,32,35,36)(H2,45,46,47)/p-4/b7-5+/t20-,24-,25-,26+,30-/m1/s1. The van der Waals surface area contributed by atoms with Crippen LogP contribution in [0.25, 0.3) is 17.2 Å². The number of ether oxygens (including phenoxy) is 2. The number of hydrogen-bond donors (Lipinski definition) is 6. The van der Waals surface area contributed by atoms with Crippen molar-refractivity contribution in [1.29, 1.82) is 0 Å². The van der Waals surface area contributed by atoms with Crippen molar-refractivity contribution in [3.63, 3.8) is 0 Å². The molecule has 1 aromatic carbocycles. The van der Waals surface area contributed by atoms with Crippen molar-refractivity contribution in [2.75, 3.05) is 44.9 Å². The van der Waals surface area contributed by atoms with E-state index < -0.39 is 84.6 Å². The lowest BCUT2D eigenvalue weighted by molar-refractivity contribution is -0.347. The number of phosphoric acid groups is 3. The summed E-state index contributed by atoms with van der Waals surface area (Å²) in [5.74, 6) is -1.24. The molecule has 0 saturated carbocycles. The van der Waals surface area contributed by atoms with Gasteiger partial charge in [0.25, 0.3) is 15.6 Å². The summed E-state index contributed by atoms with van der Waals surface area (Å²) >= 11 is 0.923. The van der Waals surface area contributed by atoms with Gasteiger partial charge in [-0.15, -0.1) is 0 Å². The van der Waals surface area contributed by atoms with E-state index >= 15 is 0 Å². The molecule has 3 aromatic rings. The average Bonchev–Trinajstić information content (AvgIpc) is 3.74. The summed E-state index contributed by atoms with van der Waals surface area (Å²) in [7, 11) is -16.3. The molecular formula is C31H40N7O19P3S-4. The first-order valence-electron chi connectivity index (χ1n) is 17.5. The largest absolute Gasteiger partial charge is 0.790 e. The van der Waals surface area contributed by atoms with Crippen LogP contribution in [0, 0.1) is 5.41 Å². The van der Waals surface area contributed by atoms with Gasteiger partial charge in [-0.1, -0.05) is 37.8 Å². The number of carbonyl (C=O) groups is 3. The second kappa shape index (κ2) is 21.0. The minimum Gasteiger partial charge on any atom is -0.790 e. The number of aliphatic hydroxyl groups is 2. The summed E-state index contributed by atoms with van der Waals surface area (Å²) in [6.45, 7) is -0.100. The van der Waals surface area contributed by atoms with Crippen molar-refractivity contribution in [3.8, 4) is 11.5 Å². The minimum absolute atomic E-state index is 0.0295. The first-order valence-corrected chi connectivity index (χ1v) is 22.8. The number of nitrogens with zero attached hydrogens (tertiary/aromatic N) is 4. The molecule has 1 saturated heterocycles. The predicted molar refractivity (Wildman–Crippen MR) is 202 cm³/mol. The number of phosphoric ester groups is 3. The Balaban J connectivity index is 1.20. The fourth-order valence-corrected chi connectivity index (χ4v) is 8.57. The first-order chi connectivity index (χ1) is 28.4. The van der Waals surface area contributed by atoms with Gasteiger partial charge in [-0.05, 0) is 23.8 Å². The van der Waals surface area contributed by atoms with Crippen LogP contribution in [-0.4, -0.2) is 115 Å². The molecule has 2 unspecified atom stereocenters. The average molecular weight is 940 g/mol. The van der Waals surface area contributed by atoms with Crippen molar-refractivity contribution in [2.45, 2.75) is 50.9 Å². The monoisotopic (exact) mass is 939 g/mol. The molecule has 4 rings (SSSR count). The maximum absolute atomic E-state index is 12.6. The number of amides is 2. The number of nitrogens with one attached hydrogen (secondary N) is 2. The zero-order valence-corrected chi connectivity index (χ0v) is 35.7. The zero-order chi connectivity index (χ0) is 45.3. The summed E-state index contributed by atoms with van der Waals surface area (Å²) in [4.78, 5) is 96.4. The molecule has 61 heavy (non-hydrogen) atoms. The number of phenols is 1. The Labute approximate surface area is 350 Å². The highest BCUT2D eigenvalue weighted by molar-refractivity contribution is 8.14. The van der Waals surface area contributed by atoms with E-state index in [9.17, 15) is 63.0 Å². The van der Waals surface area contributed by atoms with E-state index in [4.69, 9.17) is 15.2 Å². The topological polar surface area (TPSA) is 404 Å². The SMILES string of the molecule is COc1cc(/C=C/C(=O)SCCNC(=O)CCNC(=O)[C@H](O)C(C)(C)COP(=O)([O-])OP(=O)([O-])OC[C@H]2O[C@@H](n3cnc4c(N)ncnc43)[C@H](O)[C@@H]2OP(=O)([O-])[O-])ccc1O. The fourth-order valence-electron chi connectivity index (χ4n) is 5.27. The number of nitrogens with two attached hydrogens (primary N) is 1. The van der Waals surface area contributed by atoms with Crippen LogP contribution in [0.3, 0.4) is 0 Å². The second-order valence-corrected chi connectivity index (χ2v) is 18.6. The predicted octanol–water partition coefficient (Wildman–Crippen LogP) is -2.44. The number of anilines is 1. The molecule has 2 amide bonds. The number of phenolic OH excluding ortho intramolecular Hbond substituents is 1. The van der Waals surface area contributed by atoms with Crippen LogP contribution in [0.4, 0.5) is 5.82 Å². The van der Waals surface area contributed by atoms with E-state index in [0.717, 1.165) is 29.0 Å². The molecule has 0 radical (unpaired) electrons. The van der Waals surface area contributed by atoms with Gasteiger partial charge in [0.2, 0.25) is 16.9 Å². The maximum atomic E-state index is 12.6. The van der Waals surface area contributed by atoms with Crippen molar-refractivity contribution in [1.82, 2.24) is 30.2 Å². The quantitative estimate of drug-likeness (QED) is 0.0346. The van der Waals surface area contributed by atoms with Crippen molar-refractivity contribution >= 4 is 75.2 Å². The van der Waals surface area contributed by atoms with Crippen molar-refractivity contribution in [2.24, 2.45) is 5.41 Å². The number of aromatic nitrogens is 4. The lowest BCUT2D eigenvalue weighted by Crippen LogP contribution is -2.46. The fraction of sp³-hybridized carbons (Fsp3) is 0.484. The number of imidazole rings is 1. The van der Waals surface area contributed by atoms with Gasteiger partial charge in [0.05, 0.1) is 34.5 Å². The van der Waals surface area contributed by atoms with Crippen molar-refractivity contribution < 1.29 is 90.3 Å². The number of benzene rings is 1. The van der Waals surface area contributed by atoms with E-state index in [0.29, 0.717) is 5.56 Å². The van der Waals surface area contributed by atoms with Gasteiger partial charge < -0.3 is 78.9 Å². The lowest BCUT2D eigenvalue weighted by atomic mass is 9.87. The molecule has 1 aliphatic heterocycles. The Hall–Kier alpha value is -3.88. The number of fused-ring (bicyclic) bond motifs is 1. The molecule has 338 valence electrons. The highest BCUT2D eigenvalue weighted by Gasteiger charge is 2.47. The van der Waals surface area contributed by atoms with Gasteiger partial charge in [-0.25, -0.2) is 19.3 Å². The third kappa shape index (κ3) is 14.6. The lowest BCUT2D eigenvalue weighted by Gasteiger charge is -2.36. The van der Waals surface area contributed by atoms with Crippen LogP contribution < -0.4 is 40.7 Å². The summed E-state index contributed by atoms with van der Waals surface area (Å²) in [5, 5.41) is 35.6. The van der Waals surface area contributed by atoms with E-state index in [1.54, 1.807) is 6.07 Å². The van der Waals surface area contributed by atoms with Gasteiger partial charge in [-0.2, -0.15) is 0 Å². The first kappa shape index (κ1) is 49.8. The summed E-state index contributed by atoms with van der Waals surface area (Å²) in [6, 6.07) is 4.53. The normalized spacial score (nSPS) is 20.9. The Kier molecular flexibility index (Phi) is 17.1. The van der Waals surface area contributed by atoms with Gasteiger partial charge in [0.15, 0.2) is 29.2 Å². The summed E-state index contributed by atoms with van der Waals surface area (Å²) in [5.41, 5.74) is 4.64. The molecule has 0 aliphatic carbocycles.